The molecule has 0 saturated heterocycles. The first-order chi connectivity index (χ1) is 5.44. The molecule has 2 heteroatoms. The first kappa shape index (κ1) is 11.0. The predicted molar refractivity (Wildman–Crippen MR) is 49.8 cm³/mol. The highest BCUT2D eigenvalue weighted by atomic mass is 16.5. The first-order valence-electron chi connectivity index (χ1n) is 3.82. The van der Waals surface area contributed by atoms with E-state index in [2.05, 4.69) is 17.9 Å². The van der Waals surface area contributed by atoms with Gasteiger partial charge in [-0.25, -0.2) is 0 Å². The fourth-order valence-electron chi connectivity index (χ4n) is 0.988. The highest BCUT2D eigenvalue weighted by molar-refractivity contribution is 5.76. The van der Waals surface area contributed by atoms with Gasteiger partial charge in [0.2, 0.25) is 0 Å². The molecule has 68 valence electrons. The summed E-state index contributed by atoms with van der Waals surface area (Å²) in [4.78, 5) is 11.2. The van der Waals surface area contributed by atoms with Gasteiger partial charge >= 0.3 is 5.97 Å². The molecule has 0 spiro atoms. The molecule has 0 rings (SSSR count). The van der Waals surface area contributed by atoms with Crippen LogP contribution < -0.4 is 0 Å². The molecular weight excluding hydrogens is 152 g/mol. The van der Waals surface area contributed by atoms with Crippen LogP contribution >= 0.6 is 0 Å². The SMILES string of the molecule is C=CC(=C)CC(C)(C)C(=O)OC. The van der Waals surface area contributed by atoms with E-state index in [0.717, 1.165) is 5.57 Å². The van der Waals surface area contributed by atoms with E-state index in [1.807, 2.05) is 13.8 Å². The smallest absolute Gasteiger partial charge is 0.311 e. The van der Waals surface area contributed by atoms with Crippen molar-refractivity contribution in [2.45, 2.75) is 20.3 Å². The quantitative estimate of drug-likeness (QED) is 0.475. The maximum absolute atomic E-state index is 11.2. The third-order valence-corrected chi connectivity index (χ3v) is 1.70. The molecular formula is C10H16O2. The van der Waals surface area contributed by atoms with Crippen LogP contribution in [0.25, 0.3) is 0 Å². The number of carbonyl (C=O) groups is 1. The third-order valence-electron chi connectivity index (χ3n) is 1.70. The van der Waals surface area contributed by atoms with Crippen molar-refractivity contribution in [1.29, 1.82) is 0 Å². The van der Waals surface area contributed by atoms with Gasteiger partial charge in [-0.3, -0.25) is 4.79 Å². The molecule has 0 radical (unpaired) electrons. The normalized spacial score (nSPS) is 10.6. The standard InChI is InChI=1S/C10H16O2/c1-6-8(2)7-10(3,4)9(11)12-5/h6H,1-2,7H2,3-5H3. The van der Waals surface area contributed by atoms with Crippen molar-refractivity contribution in [2.24, 2.45) is 5.41 Å². The Morgan fingerprint density at radius 3 is 2.42 bits per heavy atom. The van der Waals surface area contributed by atoms with Crippen LogP contribution in [0.4, 0.5) is 0 Å². The van der Waals surface area contributed by atoms with E-state index in [4.69, 9.17) is 0 Å². The van der Waals surface area contributed by atoms with Crippen LogP contribution in [-0.4, -0.2) is 13.1 Å². The molecule has 0 saturated carbocycles. The summed E-state index contributed by atoms with van der Waals surface area (Å²) in [6, 6.07) is 0. The maximum atomic E-state index is 11.2. The van der Waals surface area contributed by atoms with Crippen molar-refractivity contribution in [1.82, 2.24) is 0 Å². The van der Waals surface area contributed by atoms with Crippen molar-refractivity contribution in [3.8, 4) is 0 Å². The maximum Gasteiger partial charge on any atom is 0.311 e. The predicted octanol–water partition coefficient (Wildman–Crippen LogP) is 2.32. The molecule has 0 aliphatic heterocycles. The van der Waals surface area contributed by atoms with Crippen LogP contribution in [0.1, 0.15) is 20.3 Å². The number of hydrogen-bond donors (Lipinski definition) is 0. The number of ether oxygens (including phenoxy) is 1. The van der Waals surface area contributed by atoms with Gasteiger partial charge in [0, 0.05) is 0 Å². The van der Waals surface area contributed by atoms with Crippen LogP contribution in [0.2, 0.25) is 0 Å². The monoisotopic (exact) mass is 168 g/mol. The Morgan fingerprint density at radius 1 is 1.58 bits per heavy atom. The zero-order valence-electron chi connectivity index (χ0n) is 8.02. The molecule has 0 N–H and O–H groups in total. The van der Waals surface area contributed by atoms with E-state index < -0.39 is 5.41 Å². The van der Waals surface area contributed by atoms with Crippen LogP contribution in [-0.2, 0) is 9.53 Å². The van der Waals surface area contributed by atoms with Gasteiger partial charge in [0.25, 0.3) is 0 Å². The molecule has 0 aliphatic carbocycles. The van der Waals surface area contributed by atoms with E-state index in [9.17, 15) is 4.79 Å². The molecule has 0 fully saturated rings. The highest BCUT2D eigenvalue weighted by Gasteiger charge is 2.28. The van der Waals surface area contributed by atoms with Gasteiger partial charge in [0.05, 0.1) is 12.5 Å². The summed E-state index contributed by atoms with van der Waals surface area (Å²) in [5.41, 5.74) is 0.352. The Kier molecular flexibility index (Phi) is 3.74. The summed E-state index contributed by atoms with van der Waals surface area (Å²) in [7, 11) is 1.39. The van der Waals surface area contributed by atoms with Crippen LogP contribution in [0.5, 0.6) is 0 Å². The molecule has 12 heavy (non-hydrogen) atoms. The van der Waals surface area contributed by atoms with E-state index >= 15 is 0 Å². The highest BCUT2D eigenvalue weighted by Crippen LogP contribution is 2.25. The van der Waals surface area contributed by atoms with Gasteiger partial charge < -0.3 is 4.74 Å². The van der Waals surface area contributed by atoms with Gasteiger partial charge in [-0.15, -0.1) is 0 Å². The Labute approximate surface area is 73.9 Å². The number of carbonyl (C=O) groups excluding carboxylic acids is 1. The minimum atomic E-state index is -0.500. The summed E-state index contributed by atoms with van der Waals surface area (Å²) >= 11 is 0. The fraction of sp³-hybridized carbons (Fsp3) is 0.500. The molecule has 0 amide bonds. The molecule has 0 bridgehead atoms. The zero-order valence-corrected chi connectivity index (χ0v) is 8.02. The molecule has 0 atom stereocenters. The number of methoxy groups -OCH3 is 1. The van der Waals surface area contributed by atoms with Crippen molar-refractivity contribution < 1.29 is 9.53 Å². The Bertz CT molecular complexity index is 202. The Hall–Kier alpha value is -1.05. The molecule has 2 nitrogen and oxygen atoms in total. The van der Waals surface area contributed by atoms with Crippen molar-refractivity contribution in [2.75, 3.05) is 7.11 Å². The average Bonchev–Trinajstić information content (AvgIpc) is 2.02. The molecule has 0 aliphatic rings. The van der Waals surface area contributed by atoms with Gasteiger partial charge in [-0.05, 0) is 20.3 Å². The summed E-state index contributed by atoms with van der Waals surface area (Å²) in [5, 5.41) is 0. The molecule has 0 unspecified atom stereocenters. The number of rotatable bonds is 4. The first-order valence-corrected chi connectivity index (χ1v) is 3.82. The average molecular weight is 168 g/mol. The van der Waals surface area contributed by atoms with Gasteiger partial charge in [-0.1, -0.05) is 24.8 Å². The number of allylic oxidation sites excluding steroid dienone is 2. The van der Waals surface area contributed by atoms with Crippen molar-refractivity contribution in [3.63, 3.8) is 0 Å². The lowest BCUT2D eigenvalue weighted by atomic mass is 9.86. The van der Waals surface area contributed by atoms with Gasteiger partial charge in [0.1, 0.15) is 0 Å². The minimum Gasteiger partial charge on any atom is -0.469 e. The Morgan fingerprint density at radius 2 is 2.08 bits per heavy atom. The zero-order chi connectivity index (χ0) is 9.78. The summed E-state index contributed by atoms with van der Waals surface area (Å²) in [6.07, 6.45) is 2.24. The van der Waals surface area contributed by atoms with Crippen LogP contribution in [0.15, 0.2) is 24.8 Å². The topological polar surface area (TPSA) is 26.3 Å². The largest absolute Gasteiger partial charge is 0.469 e. The second-order valence-corrected chi connectivity index (χ2v) is 3.41. The van der Waals surface area contributed by atoms with Crippen molar-refractivity contribution >= 4 is 5.97 Å². The lowest BCUT2D eigenvalue weighted by molar-refractivity contribution is -0.150. The number of hydrogen-bond acceptors (Lipinski definition) is 2. The van der Waals surface area contributed by atoms with Crippen LogP contribution in [0.3, 0.4) is 0 Å². The van der Waals surface area contributed by atoms with E-state index in [0.29, 0.717) is 6.42 Å². The Balaban J connectivity index is 4.31. The molecule has 0 heterocycles. The molecule has 0 aromatic heterocycles. The van der Waals surface area contributed by atoms with Gasteiger partial charge in [-0.2, -0.15) is 0 Å². The molecule has 0 aromatic carbocycles. The van der Waals surface area contributed by atoms with Crippen molar-refractivity contribution in [3.05, 3.63) is 24.8 Å². The summed E-state index contributed by atoms with van der Waals surface area (Å²) < 4.78 is 4.65. The summed E-state index contributed by atoms with van der Waals surface area (Å²) in [6.45, 7) is 11.0. The van der Waals surface area contributed by atoms with E-state index in [-0.39, 0.29) is 5.97 Å². The second-order valence-electron chi connectivity index (χ2n) is 3.41. The minimum absolute atomic E-state index is 0.217. The second kappa shape index (κ2) is 4.10. The van der Waals surface area contributed by atoms with E-state index in [1.165, 1.54) is 7.11 Å². The summed E-state index contributed by atoms with van der Waals surface area (Å²) in [5.74, 6) is -0.217. The third kappa shape index (κ3) is 2.91. The fourth-order valence-corrected chi connectivity index (χ4v) is 0.988. The van der Waals surface area contributed by atoms with Crippen LogP contribution in [0, 0.1) is 5.41 Å². The number of esters is 1. The van der Waals surface area contributed by atoms with E-state index in [1.54, 1.807) is 6.08 Å². The van der Waals surface area contributed by atoms with Gasteiger partial charge in [0.15, 0.2) is 0 Å². The lowest BCUT2D eigenvalue weighted by Gasteiger charge is -2.21. The molecule has 0 aromatic rings. The lowest BCUT2D eigenvalue weighted by Crippen LogP contribution is -2.25.